The quantitative estimate of drug-likeness (QED) is 0.755. The van der Waals surface area contributed by atoms with E-state index in [1.54, 1.807) is 17.8 Å². The van der Waals surface area contributed by atoms with E-state index in [2.05, 4.69) is 12.2 Å². The summed E-state index contributed by atoms with van der Waals surface area (Å²) < 4.78 is 26.0. The van der Waals surface area contributed by atoms with E-state index in [9.17, 15) is 13.2 Å². The van der Waals surface area contributed by atoms with Gasteiger partial charge in [0.05, 0.1) is 10.6 Å². The first kappa shape index (κ1) is 21.5. The topological polar surface area (TPSA) is 66.5 Å². The number of carbonyl (C=O) groups is 1. The van der Waals surface area contributed by atoms with Crippen molar-refractivity contribution in [3.05, 3.63) is 59.2 Å². The van der Waals surface area contributed by atoms with Crippen molar-refractivity contribution in [3.63, 3.8) is 0 Å². The average molecular weight is 407 g/mol. The molecule has 0 bridgehead atoms. The number of nitrogens with one attached hydrogen (secondary N) is 1. The Morgan fingerprint density at radius 2 is 1.78 bits per heavy atom. The van der Waals surface area contributed by atoms with Crippen LogP contribution in [-0.2, 0) is 14.8 Å². The summed E-state index contributed by atoms with van der Waals surface area (Å²) in [4.78, 5) is 12.6. The number of nitrogens with zero attached hydrogens (tertiary/aromatic N) is 1. The second kappa shape index (κ2) is 8.91. The zero-order valence-corrected chi connectivity index (χ0v) is 17.9. The van der Waals surface area contributed by atoms with E-state index < -0.39 is 10.0 Å². The summed E-state index contributed by atoms with van der Waals surface area (Å²) >= 11 is 1.54. The molecule has 5 nitrogen and oxygen atoms in total. The van der Waals surface area contributed by atoms with E-state index in [-0.39, 0.29) is 16.1 Å². The molecule has 0 heterocycles. The Morgan fingerprint density at radius 1 is 1.15 bits per heavy atom. The minimum atomic E-state index is -3.56. The number of carbonyl (C=O) groups excluding carboxylic acids is 1. The van der Waals surface area contributed by atoms with Crippen LogP contribution in [0.5, 0.6) is 0 Å². The summed E-state index contributed by atoms with van der Waals surface area (Å²) in [5.74, 6) is 0.142. The van der Waals surface area contributed by atoms with Crippen molar-refractivity contribution < 1.29 is 13.2 Å². The van der Waals surface area contributed by atoms with Crippen molar-refractivity contribution in [2.24, 2.45) is 0 Å². The van der Waals surface area contributed by atoms with E-state index in [0.717, 1.165) is 11.1 Å². The van der Waals surface area contributed by atoms with Gasteiger partial charge in [0.2, 0.25) is 15.9 Å². The van der Waals surface area contributed by atoms with E-state index in [4.69, 9.17) is 0 Å². The number of benzene rings is 2. The summed E-state index contributed by atoms with van der Waals surface area (Å²) in [7, 11) is -0.578. The third-order valence-electron chi connectivity index (χ3n) is 4.43. The van der Waals surface area contributed by atoms with Gasteiger partial charge in [0.1, 0.15) is 0 Å². The van der Waals surface area contributed by atoms with Gasteiger partial charge in [-0.05, 0) is 49.6 Å². The summed E-state index contributed by atoms with van der Waals surface area (Å²) in [6, 6.07) is 13.2. The molecule has 2 aromatic carbocycles. The van der Waals surface area contributed by atoms with Gasteiger partial charge in [-0.3, -0.25) is 4.79 Å². The molecule has 0 saturated heterocycles. The number of amides is 1. The Balaban J connectivity index is 2.12. The van der Waals surface area contributed by atoms with Crippen LogP contribution in [0.25, 0.3) is 0 Å². The number of sulfonamides is 1. The fraction of sp³-hybridized carbons (Fsp3) is 0.350. The van der Waals surface area contributed by atoms with Crippen LogP contribution in [0, 0.1) is 13.8 Å². The first-order valence-corrected chi connectivity index (χ1v) is 11.1. The SMILES string of the molecule is Cc1cc(S(=O)(=O)N(C)C)cc(NC(=O)CS[C@H](C)c2ccccc2)c1C. The lowest BCUT2D eigenvalue weighted by molar-refractivity contribution is -0.113. The second-order valence-electron chi connectivity index (χ2n) is 6.61. The monoisotopic (exact) mass is 406 g/mol. The standard InChI is InChI=1S/C20H26N2O3S2/c1-14-11-18(27(24,25)22(4)5)12-19(15(14)2)21-20(23)13-26-16(3)17-9-7-6-8-10-17/h6-12,16H,13H2,1-5H3,(H,21,23)/t16-/m1/s1. The van der Waals surface area contributed by atoms with Crippen LogP contribution >= 0.6 is 11.8 Å². The van der Waals surface area contributed by atoms with E-state index >= 15 is 0 Å². The maximum atomic E-state index is 12.4. The highest BCUT2D eigenvalue weighted by Gasteiger charge is 2.20. The van der Waals surface area contributed by atoms with Gasteiger partial charge in [-0.25, -0.2) is 12.7 Å². The molecule has 0 unspecified atom stereocenters. The van der Waals surface area contributed by atoms with Crippen LogP contribution in [-0.4, -0.2) is 38.5 Å². The van der Waals surface area contributed by atoms with Gasteiger partial charge in [0, 0.05) is 25.0 Å². The van der Waals surface area contributed by atoms with E-state index in [0.29, 0.717) is 11.4 Å². The lowest BCUT2D eigenvalue weighted by Gasteiger charge is -2.17. The van der Waals surface area contributed by atoms with Crippen LogP contribution in [0.3, 0.4) is 0 Å². The largest absolute Gasteiger partial charge is 0.325 e. The van der Waals surface area contributed by atoms with Crippen molar-refractivity contribution in [1.82, 2.24) is 4.31 Å². The summed E-state index contributed by atoms with van der Waals surface area (Å²) in [6.07, 6.45) is 0. The summed E-state index contributed by atoms with van der Waals surface area (Å²) in [6.45, 7) is 5.77. The van der Waals surface area contributed by atoms with Crippen LogP contribution in [0.1, 0.15) is 28.9 Å². The average Bonchev–Trinajstić information content (AvgIpc) is 2.63. The van der Waals surface area contributed by atoms with Crippen molar-refractivity contribution in [2.45, 2.75) is 30.9 Å². The summed E-state index contributed by atoms with van der Waals surface area (Å²) in [5.41, 5.74) is 3.38. The molecule has 0 aliphatic rings. The Labute approximate surface area is 166 Å². The highest BCUT2D eigenvalue weighted by Crippen LogP contribution is 2.29. The molecule has 1 amide bonds. The van der Waals surface area contributed by atoms with Crippen LogP contribution in [0.15, 0.2) is 47.4 Å². The van der Waals surface area contributed by atoms with Gasteiger partial charge in [-0.1, -0.05) is 30.3 Å². The Hall–Kier alpha value is -1.83. The molecule has 0 aliphatic heterocycles. The Bertz CT molecular complexity index is 910. The molecule has 146 valence electrons. The molecule has 1 N–H and O–H groups in total. The molecular formula is C20H26N2O3S2. The number of hydrogen-bond donors (Lipinski definition) is 1. The second-order valence-corrected chi connectivity index (χ2v) is 10.1. The van der Waals surface area contributed by atoms with Gasteiger partial charge in [-0.15, -0.1) is 11.8 Å². The van der Waals surface area contributed by atoms with E-state index in [1.807, 2.05) is 44.2 Å². The van der Waals surface area contributed by atoms with Crippen LogP contribution in [0.2, 0.25) is 0 Å². The molecule has 0 saturated carbocycles. The number of anilines is 1. The molecule has 0 radical (unpaired) electrons. The van der Waals surface area contributed by atoms with Crippen LogP contribution < -0.4 is 5.32 Å². The zero-order valence-electron chi connectivity index (χ0n) is 16.3. The van der Waals surface area contributed by atoms with Crippen LogP contribution in [0.4, 0.5) is 5.69 Å². The van der Waals surface area contributed by atoms with E-state index in [1.165, 1.54) is 30.0 Å². The smallest absolute Gasteiger partial charge is 0.242 e. The van der Waals surface area contributed by atoms with Gasteiger partial charge in [-0.2, -0.15) is 0 Å². The molecule has 7 heteroatoms. The molecular weight excluding hydrogens is 380 g/mol. The van der Waals surface area contributed by atoms with Gasteiger partial charge >= 0.3 is 0 Å². The van der Waals surface area contributed by atoms with Crippen molar-refractivity contribution in [1.29, 1.82) is 0 Å². The predicted molar refractivity (Wildman–Crippen MR) is 113 cm³/mol. The number of thioether (sulfide) groups is 1. The van der Waals surface area contributed by atoms with Gasteiger partial charge in [0.25, 0.3) is 0 Å². The fourth-order valence-corrected chi connectivity index (χ4v) is 4.36. The zero-order chi connectivity index (χ0) is 20.2. The first-order valence-electron chi connectivity index (χ1n) is 8.63. The third-order valence-corrected chi connectivity index (χ3v) is 7.42. The van der Waals surface area contributed by atoms with Crippen molar-refractivity contribution in [2.75, 3.05) is 25.2 Å². The lowest BCUT2D eigenvalue weighted by atomic mass is 10.1. The molecule has 1 atom stereocenters. The minimum Gasteiger partial charge on any atom is -0.325 e. The highest BCUT2D eigenvalue weighted by atomic mass is 32.2. The maximum Gasteiger partial charge on any atom is 0.242 e. The maximum absolute atomic E-state index is 12.4. The fourth-order valence-electron chi connectivity index (χ4n) is 2.52. The molecule has 0 spiro atoms. The Morgan fingerprint density at radius 3 is 2.37 bits per heavy atom. The Kier molecular flexibility index (Phi) is 7.08. The molecule has 27 heavy (non-hydrogen) atoms. The molecule has 0 aliphatic carbocycles. The van der Waals surface area contributed by atoms with Crippen molar-refractivity contribution >= 4 is 33.4 Å². The number of rotatable bonds is 7. The highest BCUT2D eigenvalue weighted by molar-refractivity contribution is 8.00. The molecule has 2 aromatic rings. The summed E-state index contributed by atoms with van der Waals surface area (Å²) in [5, 5.41) is 3.06. The van der Waals surface area contributed by atoms with Gasteiger partial charge in [0.15, 0.2) is 0 Å². The predicted octanol–water partition coefficient (Wildman–Crippen LogP) is 3.99. The third kappa shape index (κ3) is 5.34. The first-order chi connectivity index (χ1) is 12.6. The van der Waals surface area contributed by atoms with Gasteiger partial charge < -0.3 is 5.32 Å². The normalized spacial score (nSPS) is 12.8. The van der Waals surface area contributed by atoms with Crippen molar-refractivity contribution in [3.8, 4) is 0 Å². The number of aryl methyl sites for hydroxylation is 1. The minimum absolute atomic E-state index is 0.148. The lowest BCUT2D eigenvalue weighted by Crippen LogP contribution is -2.23. The molecule has 2 rings (SSSR count). The molecule has 0 aromatic heterocycles. The molecule has 0 fully saturated rings. The number of hydrogen-bond acceptors (Lipinski definition) is 4.